The lowest BCUT2D eigenvalue weighted by Crippen LogP contribution is -2.33. The van der Waals surface area contributed by atoms with Crippen molar-refractivity contribution in [3.8, 4) is 11.1 Å². The summed E-state index contributed by atoms with van der Waals surface area (Å²) >= 11 is 1.51. The van der Waals surface area contributed by atoms with Gasteiger partial charge in [0.2, 0.25) is 5.91 Å². The van der Waals surface area contributed by atoms with E-state index in [4.69, 9.17) is 0 Å². The van der Waals surface area contributed by atoms with Gasteiger partial charge < -0.3 is 4.90 Å². The van der Waals surface area contributed by atoms with Crippen LogP contribution in [-0.2, 0) is 17.9 Å². The molecule has 0 fully saturated rings. The molecule has 2 heterocycles. The fraction of sp³-hybridized carbons (Fsp3) is 0.240. The Morgan fingerprint density at radius 3 is 2.55 bits per heavy atom. The lowest BCUT2D eigenvalue weighted by Gasteiger charge is -2.19. The summed E-state index contributed by atoms with van der Waals surface area (Å²) in [5, 5.41) is 0.584. The Labute approximate surface area is 185 Å². The van der Waals surface area contributed by atoms with Crippen LogP contribution in [-0.4, -0.2) is 27.4 Å². The molecule has 5 nitrogen and oxygen atoms in total. The quantitative estimate of drug-likeness (QED) is 0.460. The number of rotatable bonds is 5. The molecule has 0 atom stereocenters. The van der Waals surface area contributed by atoms with Crippen molar-refractivity contribution in [1.82, 2.24) is 14.5 Å². The number of likely N-dealkylation sites (N-methyl/N-ethyl adjacent to an activating group) is 1. The van der Waals surface area contributed by atoms with Crippen molar-refractivity contribution in [2.45, 2.75) is 33.9 Å². The number of carbonyl (C=O) groups is 1. The zero-order chi connectivity index (χ0) is 22.1. The molecule has 0 radical (unpaired) electrons. The third kappa shape index (κ3) is 4.16. The van der Waals surface area contributed by atoms with Gasteiger partial charge in [-0.25, -0.2) is 4.98 Å². The van der Waals surface area contributed by atoms with Crippen molar-refractivity contribution in [2.75, 3.05) is 7.05 Å². The predicted octanol–water partition coefficient (Wildman–Crippen LogP) is 4.71. The molecule has 0 bridgehead atoms. The number of nitrogens with zero attached hydrogens (tertiary/aromatic N) is 3. The average Bonchev–Trinajstić information content (AvgIpc) is 3.09. The van der Waals surface area contributed by atoms with Gasteiger partial charge in [0.25, 0.3) is 5.56 Å². The van der Waals surface area contributed by atoms with Crippen LogP contribution < -0.4 is 5.56 Å². The molecule has 0 N–H and O–H groups in total. The standard InChI is InChI=1S/C25H25N3O2S/c1-16-10-11-20(17(2)12-16)13-27(4)21(29)14-28-15-26-24-23(25(28)30)22(18(3)31-24)19-8-6-5-7-9-19/h5-12,15H,13-14H2,1-4H3. The van der Waals surface area contributed by atoms with Gasteiger partial charge in [-0.1, -0.05) is 54.1 Å². The lowest BCUT2D eigenvalue weighted by atomic mass is 10.0. The largest absolute Gasteiger partial charge is 0.340 e. The van der Waals surface area contributed by atoms with Crippen molar-refractivity contribution in [3.05, 3.63) is 86.8 Å². The second kappa shape index (κ2) is 8.47. The van der Waals surface area contributed by atoms with E-state index in [2.05, 4.69) is 24.0 Å². The van der Waals surface area contributed by atoms with E-state index < -0.39 is 0 Å². The summed E-state index contributed by atoms with van der Waals surface area (Å²) in [5.74, 6) is -0.128. The Morgan fingerprint density at radius 1 is 1.10 bits per heavy atom. The molecule has 0 aliphatic rings. The minimum atomic E-state index is -0.179. The van der Waals surface area contributed by atoms with Crippen molar-refractivity contribution in [1.29, 1.82) is 0 Å². The zero-order valence-corrected chi connectivity index (χ0v) is 19.0. The van der Waals surface area contributed by atoms with Gasteiger partial charge in [-0.15, -0.1) is 11.3 Å². The molecule has 2 aromatic carbocycles. The summed E-state index contributed by atoms with van der Waals surface area (Å²) in [6.45, 7) is 6.57. The van der Waals surface area contributed by atoms with E-state index in [1.165, 1.54) is 27.8 Å². The maximum Gasteiger partial charge on any atom is 0.263 e. The number of thiophene rings is 1. The van der Waals surface area contributed by atoms with Crippen molar-refractivity contribution in [2.24, 2.45) is 0 Å². The van der Waals surface area contributed by atoms with E-state index in [1.807, 2.05) is 50.2 Å². The molecule has 0 saturated carbocycles. The number of aryl methyl sites for hydroxylation is 3. The number of aromatic nitrogens is 2. The van der Waals surface area contributed by atoms with Gasteiger partial charge in [0.15, 0.2) is 0 Å². The van der Waals surface area contributed by atoms with Crippen molar-refractivity contribution >= 4 is 27.5 Å². The molecule has 4 aromatic rings. The highest BCUT2D eigenvalue weighted by atomic mass is 32.1. The predicted molar refractivity (Wildman–Crippen MR) is 126 cm³/mol. The topological polar surface area (TPSA) is 55.2 Å². The van der Waals surface area contributed by atoms with Crippen molar-refractivity contribution < 1.29 is 4.79 Å². The molecule has 0 unspecified atom stereocenters. The van der Waals surface area contributed by atoms with E-state index in [0.29, 0.717) is 16.8 Å². The van der Waals surface area contributed by atoms with Crippen molar-refractivity contribution in [3.63, 3.8) is 0 Å². The van der Waals surface area contributed by atoms with Crippen LogP contribution in [0.3, 0.4) is 0 Å². The average molecular weight is 432 g/mol. The van der Waals surface area contributed by atoms with Crippen LogP contribution in [0.25, 0.3) is 21.3 Å². The van der Waals surface area contributed by atoms with Gasteiger partial charge in [0.05, 0.1) is 11.7 Å². The smallest absolute Gasteiger partial charge is 0.263 e. The highest BCUT2D eigenvalue weighted by Gasteiger charge is 2.19. The minimum Gasteiger partial charge on any atom is -0.340 e. The highest BCUT2D eigenvalue weighted by Crippen LogP contribution is 2.35. The van der Waals surface area contributed by atoms with E-state index in [1.54, 1.807) is 11.9 Å². The SMILES string of the molecule is Cc1ccc(CN(C)C(=O)Cn2cnc3sc(C)c(-c4ccccc4)c3c2=O)c(C)c1. The number of carbonyl (C=O) groups excluding carboxylic acids is 1. The summed E-state index contributed by atoms with van der Waals surface area (Å²) in [4.78, 5) is 34.1. The molecule has 4 rings (SSSR count). The van der Waals surface area contributed by atoms with Gasteiger partial charge in [0, 0.05) is 24.0 Å². The summed E-state index contributed by atoms with van der Waals surface area (Å²) in [6, 6.07) is 16.1. The number of fused-ring (bicyclic) bond motifs is 1. The molecule has 158 valence electrons. The third-order valence-electron chi connectivity index (χ3n) is 5.55. The molecule has 2 aromatic heterocycles. The van der Waals surface area contributed by atoms with Gasteiger partial charge in [-0.05, 0) is 37.5 Å². The van der Waals surface area contributed by atoms with E-state index in [9.17, 15) is 9.59 Å². The summed E-state index contributed by atoms with van der Waals surface area (Å²) < 4.78 is 1.42. The molecular weight excluding hydrogens is 406 g/mol. The second-order valence-corrected chi connectivity index (χ2v) is 9.14. The fourth-order valence-electron chi connectivity index (χ4n) is 3.84. The molecule has 0 aliphatic heterocycles. The lowest BCUT2D eigenvalue weighted by molar-refractivity contribution is -0.131. The Kier molecular flexibility index (Phi) is 5.74. The second-order valence-electron chi connectivity index (χ2n) is 7.94. The highest BCUT2D eigenvalue weighted by molar-refractivity contribution is 7.19. The van der Waals surface area contributed by atoms with Gasteiger partial charge >= 0.3 is 0 Å². The summed E-state index contributed by atoms with van der Waals surface area (Å²) in [6.07, 6.45) is 1.48. The first-order chi connectivity index (χ1) is 14.8. The fourth-order valence-corrected chi connectivity index (χ4v) is 4.84. The molecule has 0 saturated heterocycles. The Hall–Kier alpha value is -3.25. The normalized spacial score (nSPS) is 11.1. The number of amides is 1. The van der Waals surface area contributed by atoms with Crippen LogP contribution in [0.15, 0.2) is 59.7 Å². The first kappa shape index (κ1) is 21.0. The van der Waals surface area contributed by atoms with Crippen LogP contribution in [0.4, 0.5) is 0 Å². The molecule has 6 heteroatoms. The molecule has 31 heavy (non-hydrogen) atoms. The number of hydrogen-bond acceptors (Lipinski definition) is 4. The number of hydrogen-bond donors (Lipinski definition) is 0. The van der Waals surface area contributed by atoms with Crippen LogP contribution in [0.1, 0.15) is 21.6 Å². The summed E-state index contributed by atoms with van der Waals surface area (Å²) in [7, 11) is 1.77. The zero-order valence-electron chi connectivity index (χ0n) is 18.2. The Morgan fingerprint density at radius 2 is 1.84 bits per heavy atom. The maximum absolute atomic E-state index is 13.3. The summed E-state index contributed by atoms with van der Waals surface area (Å²) in [5.41, 5.74) is 5.16. The number of benzene rings is 2. The van der Waals surface area contributed by atoms with E-state index in [-0.39, 0.29) is 18.0 Å². The van der Waals surface area contributed by atoms with Gasteiger partial charge in [-0.2, -0.15) is 0 Å². The molecule has 0 spiro atoms. The molecular formula is C25H25N3O2S. The van der Waals surface area contributed by atoms with E-state index in [0.717, 1.165) is 27.1 Å². The Balaban J connectivity index is 1.63. The van der Waals surface area contributed by atoms with E-state index >= 15 is 0 Å². The first-order valence-electron chi connectivity index (χ1n) is 10.2. The third-order valence-corrected chi connectivity index (χ3v) is 6.57. The first-order valence-corrected chi connectivity index (χ1v) is 11.0. The Bertz CT molecular complexity index is 1320. The van der Waals surface area contributed by atoms with Gasteiger partial charge in [0.1, 0.15) is 11.4 Å². The maximum atomic E-state index is 13.3. The molecule has 0 aliphatic carbocycles. The van der Waals surface area contributed by atoms with Crippen LogP contribution in [0, 0.1) is 20.8 Å². The molecule has 1 amide bonds. The van der Waals surface area contributed by atoms with Gasteiger partial charge in [-0.3, -0.25) is 14.2 Å². The van der Waals surface area contributed by atoms with Crippen LogP contribution in [0.5, 0.6) is 0 Å². The monoisotopic (exact) mass is 431 g/mol. The van der Waals surface area contributed by atoms with Crippen LogP contribution in [0.2, 0.25) is 0 Å². The van der Waals surface area contributed by atoms with Crippen LogP contribution >= 0.6 is 11.3 Å². The minimum absolute atomic E-state index is 0.0354.